The molecule has 10 heteroatoms. The number of aromatic nitrogens is 3. The predicted octanol–water partition coefficient (Wildman–Crippen LogP) is 3.02. The number of halogens is 1. The van der Waals surface area contributed by atoms with Gasteiger partial charge in [-0.1, -0.05) is 0 Å². The van der Waals surface area contributed by atoms with Crippen molar-refractivity contribution in [3.05, 3.63) is 47.5 Å². The minimum Gasteiger partial charge on any atom is -0.368 e. The molecular weight excluding hydrogens is 425 g/mol. The average molecular weight is 453 g/mol. The molecule has 0 atom stereocenters. The fourth-order valence-corrected chi connectivity index (χ4v) is 4.10. The van der Waals surface area contributed by atoms with Crippen molar-refractivity contribution in [2.24, 2.45) is 13.0 Å². The van der Waals surface area contributed by atoms with Gasteiger partial charge in [0.2, 0.25) is 5.91 Å². The second-order valence-electron chi connectivity index (χ2n) is 8.34. The summed E-state index contributed by atoms with van der Waals surface area (Å²) in [4.78, 5) is 31.1. The number of fused-ring (bicyclic) bond motifs is 3. The van der Waals surface area contributed by atoms with Crippen molar-refractivity contribution >= 4 is 34.7 Å². The highest BCUT2D eigenvalue weighted by Crippen LogP contribution is 2.44. The molecule has 1 saturated carbocycles. The standard InChI is InChI=1S/C23H24FN7O2/c1-25-23(33)16-9-26-19(28-22(32)12-4-5-12)8-17(16)27-18-7-14(24)6-15-20-13(11-31(3)29-20)10-30(2)21(15)18/h6-9,11-12H,4-5,10H2,1-3H3,(H,25,33)(H2,26,27,28,32)/i1D3. The van der Waals surface area contributed by atoms with Gasteiger partial charge in [-0.2, -0.15) is 5.10 Å². The van der Waals surface area contributed by atoms with Crippen molar-refractivity contribution in [1.82, 2.24) is 20.1 Å². The molecule has 0 saturated heterocycles. The second-order valence-corrected chi connectivity index (χ2v) is 8.34. The fourth-order valence-electron chi connectivity index (χ4n) is 4.10. The van der Waals surface area contributed by atoms with Crippen LogP contribution in [0, 0.1) is 11.7 Å². The van der Waals surface area contributed by atoms with Gasteiger partial charge < -0.3 is 20.9 Å². The van der Waals surface area contributed by atoms with Crippen LogP contribution >= 0.6 is 0 Å². The van der Waals surface area contributed by atoms with Crippen LogP contribution in [0.4, 0.5) is 27.3 Å². The van der Waals surface area contributed by atoms with E-state index in [0.717, 1.165) is 18.4 Å². The second kappa shape index (κ2) is 7.88. The maximum Gasteiger partial charge on any atom is 0.254 e. The van der Waals surface area contributed by atoms with Gasteiger partial charge in [0.05, 0.1) is 28.3 Å². The molecule has 1 fully saturated rings. The van der Waals surface area contributed by atoms with Crippen molar-refractivity contribution in [3.63, 3.8) is 0 Å². The highest BCUT2D eigenvalue weighted by atomic mass is 19.1. The Balaban J connectivity index is 1.58. The molecule has 0 spiro atoms. The number of anilines is 4. The molecule has 0 unspecified atom stereocenters. The van der Waals surface area contributed by atoms with E-state index in [0.29, 0.717) is 29.2 Å². The summed E-state index contributed by atoms with van der Waals surface area (Å²) >= 11 is 0. The molecule has 33 heavy (non-hydrogen) atoms. The van der Waals surface area contributed by atoms with E-state index >= 15 is 0 Å². The number of benzene rings is 1. The quantitative estimate of drug-likeness (QED) is 0.550. The van der Waals surface area contributed by atoms with E-state index in [1.165, 1.54) is 24.4 Å². The van der Waals surface area contributed by atoms with Gasteiger partial charge in [-0.05, 0) is 25.0 Å². The molecule has 1 aliphatic carbocycles. The van der Waals surface area contributed by atoms with Crippen molar-refractivity contribution in [1.29, 1.82) is 0 Å². The van der Waals surface area contributed by atoms with Crippen LogP contribution in [0.5, 0.6) is 0 Å². The number of nitrogens with zero attached hydrogens (tertiary/aromatic N) is 4. The lowest BCUT2D eigenvalue weighted by Gasteiger charge is -2.30. The van der Waals surface area contributed by atoms with E-state index in [-0.39, 0.29) is 28.9 Å². The summed E-state index contributed by atoms with van der Waals surface area (Å²) in [6, 6.07) is 4.12. The number of hydrogen-bond donors (Lipinski definition) is 3. The number of pyridine rings is 1. The number of rotatable bonds is 5. The summed E-state index contributed by atoms with van der Waals surface area (Å²) in [6.45, 7) is -2.19. The Bertz CT molecular complexity index is 1380. The zero-order valence-corrected chi connectivity index (χ0v) is 18.1. The molecule has 1 aliphatic heterocycles. The zero-order chi connectivity index (χ0) is 25.8. The topological polar surface area (TPSA) is 104 Å². The molecule has 0 radical (unpaired) electrons. The summed E-state index contributed by atoms with van der Waals surface area (Å²) < 4.78 is 38.6. The smallest absolute Gasteiger partial charge is 0.254 e. The lowest BCUT2D eigenvalue weighted by atomic mass is 9.99. The maximum absolute atomic E-state index is 14.8. The first-order chi connectivity index (χ1) is 17.0. The Kier molecular flexibility index (Phi) is 4.20. The molecule has 2 amide bonds. The van der Waals surface area contributed by atoms with Crippen LogP contribution in [0.25, 0.3) is 11.3 Å². The maximum atomic E-state index is 14.8. The average Bonchev–Trinajstić information content (AvgIpc) is 3.54. The van der Waals surface area contributed by atoms with Crippen molar-refractivity contribution < 1.29 is 18.1 Å². The van der Waals surface area contributed by atoms with Crippen LogP contribution in [0.2, 0.25) is 0 Å². The summed E-state index contributed by atoms with van der Waals surface area (Å²) in [6.07, 6.45) is 4.65. The number of nitrogens with one attached hydrogen (secondary N) is 3. The molecule has 2 aromatic heterocycles. The van der Waals surface area contributed by atoms with Crippen LogP contribution in [0.15, 0.2) is 30.6 Å². The molecule has 3 heterocycles. The Labute approximate surface area is 194 Å². The summed E-state index contributed by atoms with van der Waals surface area (Å²) in [5.41, 5.74) is 3.25. The summed E-state index contributed by atoms with van der Waals surface area (Å²) in [5, 5.41) is 12.2. The number of amides is 2. The molecule has 5 rings (SSSR count). The van der Waals surface area contributed by atoms with E-state index in [4.69, 9.17) is 4.11 Å². The summed E-state index contributed by atoms with van der Waals surface area (Å²) in [7, 11) is 3.65. The fraction of sp³-hybridized carbons (Fsp3) is 0.304. The first-order valence-electron chi connectivity index (χ1n) is 12.0. The molecule has 3 aromatic rings. The first kappa shape index (κ1) is 17.6. The highest BCUT2D eigenvalue weighted by molar-refractivity contribution is 6.02. The van der Waals surface area contributed by atoms with Crippen molar-refractivity contribution in [2.45, 2.75) is 19.4 Å². The lowest BCUT2D eigenvalue weighted by molar-refractivity contribution is -0.117. The van der Waals surface area contributed by atoms with Crippen molar-refractivity contribution in [3.8, 4) is 11.3 Å². The Hall–Kier alpha value is -3.95. The number of hydrogen-bond acceptors (Lipinski definition) is 6. The number of aryl methyl sites for hydroxylation is 1. The third-order valence-electron chi connectivity index (χ3n) is 5.75. The van der Waals surface area contributed by atoms with Crippen LogP contribution in [0.1, 0.15) is 32.9 Å². The Morgan fingerprint density at radius 1 is 1.21 bits per heavy atom. The van der Waals surface area contributed by atoms with Crippen LogP contribution < -0.4 is 20.9 Å². The van der Waals surface area contributed by atoms with E-state index in [9.17, 15) is 14.0 Å². The minimum absolute atomic E-state index is 0.0711. The Morgan fingerprint density at radius 3 is 2.79 bits per heavy atom. The van der Waals surface area contributed by atoms with Crippen LogP contribution in [-0.2, 0) is 18.4 Å². The van der Waals surface area contributed by atoms with E-state index in [2.05, 4.69) is 20.7 Å². The normalized spacial score (nSPS) is 16.1. The van der Waals surface area contributed by atoms with Crippen LogP contribution in [0.3, 0.4) is 0 Å². The van der Waals surface area contributed by atoms with Gasteiger partial charge in [0.25, 0.3) is 5.91 Å². The molecule has 3 N–H and O–H groups in total. The van der Waals surface area contributed by atoms with Gasteiger partial charge in [0, 0.05) is 67.2 Å². The van der Waals surface area contributed by atoms with Gasteiger partial charge in [0.1, 0.15) is 11.6 Å². The van der Waals surface area contributed by atoms with Crippen molar-refractivity contribution in [2.75, 3.05) is 29.6 Å². The summed E-state index contributed by atoms with van der Waals surface area (Å²) in [5.74, 6) is -1.48. The van der Waals surface area contributed by atoms with Gasteiger partial charge >= 0.3 is 0 Å². The first-order valence-corrected chi connectivity index (χ1v) is 10.5. The molecule has 9 nitrogen and oxygen atoms in total. The Morgan fingerprint density at radius 2 is 2.03 bits per heavy atom. The third-order valence-corrected chi connectivity index (χ3v) is 5.75. The SMILES string of the molecule is [2H]C([2H])([2H])NC(=O)c1cnc(NC(=O)C2CC2)cc1Nc1cc(F)cc2c1N(C)Cc1cn(C)nc1-2. The molecular formula is C23H24FN7O2. The largest absolute Gasteiger partial charge is 0.368 e. The predicted molar refractivity (Wildman–Crippen MR) is 123 cm³/mol. The van der Waals surface area contributed by atoms with E-state index < -0.39 is 18.7 Å². The van der Waals surface area contributed by atoms with Gasteiger partial charge in [0.15, 0.2) is 0 Å². The number of carbonyl (C=O) groups is 2. The van der Waals surface area contributed by atoms with Gasteiger partial charge in [-0.15, -0.1) is 0 Å². The van der Waals surface area contributed by atoms with E-state index in [1.807, 2.05) is 23.5 Å². The minimum atomic E-state index is -2.72. The van der Waals surface area contributed by atoms with Gasteiger partial charge in [-0.25, -0.2) is 9.37 Å². The zero-order valence-electron chi connectivity index (χ0n) is 21.1. The van der Waals surface area contributed by atoms with Gasteiger partial charge in [-0.3, -0.25) is 14.3 Å². The highest BCUT2D eigenvalue weighted by Gasteiger charge is 2.30. The number of carbonyl (C=O) groups excluding carboxylic acids is 2. The van der Waals surface area contributed by atoms with Crippen LogP contribution in [-0.4, -0.2) is 40.6 Å². The third kappa shape index (κ3) is 3.88. The molecule has 2 aliphatic rings. The molecule has 170 valence electrons. The molecule has 0 bridgehead atoms. The monoisotopic (exact) mass is 452 g/mol. The lowest BCUT2D eigenvalue weighted by Crippen LogP contribution is -2.23. The molecule has 1 aromatic carbocycles. The van der Waals surface area contributed by atoms with E-state index in [1.54, 1.807) is 11.7 Å².